The van der Waals surface area contributed by atoms with Gasteiger partial charge < -0.3 is 24.0 Å². The van der Waals surface area contributed by atoms with E-state index >= 15 is 0 Å². The Morgan fingerprint density at radius 2 is 1.87 bits per heavy atom. The summed E-state index contributed by atoms with van der Waals surface area (Å²) < 4.78 is 10.7. The number of anilines is 1. The van der Waals surface area contributed by atoms with Crippen molar-refractivity contribution in [3.63, 3.8) is 0 Å². The van der Waals surface area contributed by atoms with E-state index < -0.39 is 0 Å². The monoisotopic (exact) mass is 419 g/mol. The van der Waals surface area contributed by atoms with Gasteiger partial charge in [-0.1, -0.05) is 5.16 Å². The predicted octanol–water partition coefficient (Wildman–Crippen LogP) is 3.61. The highest BCUT2D eigenvalue weighted by Gasteiger charge is 2.15. The molecule has 0 bridgehead atoms. The average Bonchev–Trinajstić information content (AvgIpc) is 3.43. The lowest BCUT2D eigenvalue weighted by atomic mass is 10.1. The lowest BCUT2D eigenvalue weighted by molar-refractivity contribution is 0.0796. The van der Waals surface area contributed by atoms with E-state index in [0.29, 0.717) is 30.2 Å². The summed E-state index contributed by atoms with van der Waals surface area (Å²) in [7, 11) is 7.34. The summed E-state index contributed by atoms with van der Waals surface area (Å²) in [4.78, 5) is 24.1. The minimum atomic E-state index is -0.0430. The van der Waals surface area contributed by atoms with Crippen LogP contribution in [0.25, 0.3) is 22.5 Å². The summed E-state index contributed by atoms with van der Waals surface area (Å²) in [5.74, 6) is 1.70. The average molecular weight is 419 g/mol. The van der Waals surface area contributed by atoms with E-state index in [-0.39, 0.29) is 5.91 Å². The Bertz CT molecular complexity index is 1190. The Balaban J connectivity index is 1.40. The summed E-state index contributed by atoms with van der Waals surface area (Å²) >= 11 is 0. The van der Waals surface area contributed by atoms with E-state index in [1.165, 1.54) is 0 Å². The SMILES string of the molecule is COc1ccc2cc(-c3nc(CCN(C)C(=O)c4ccc(N(C)C)cc4)no3)[nH]c2c1. The molecule has 0 saturated carbocycles. The van der Waals surface area contributed by atoms with Gasteiger partial charge in [-0.25, -0.2) is 0 Å². The van der Waals surface area contributed by atoms with Crippen molar-refractivity contribution in [1.82, 2.24) is 20.0 Å². The third kappa shape index (κ3) is 4.37. The zero-order valence-electron chi connectivity index (χ0n) is 18.0. The van der Waals surface area contributed by atoms with Gasteiger partial charge in [-0.3, -0.25) is 4.79 Å². The molecule has 31 heavy (non-hydrogen) atoms. The summed E-state index contributed by atoms with van der Waals surface area (Å²) in [5, 5.41) is 5.09. The Labute approximate surface area is 180 Å². The fourth-order valence-corrected chi connectivity index (χ4v) is 3.31. The molecule has 0 fully saturated rings. The Hall–Kier alpha value is -3.81. The van der Waals surface area contributed by atoms with Crippen molar-refractivity contribution in [2.75, 3.05) is 39.7 Å². The van der Waals surface area contributed by atoms with Crippen LogP contribution >= 0.6 is 0 Å². The number of aromatic amines is 1. The largest absolute Gasteiger partial charge is 0.497 e. The number of carbonyl (C=O) groups excluding carboxylic acids is 1. The maximum atomic E-state index is 12.7. The second-order valence-corrected chi connectivity index (χ2v) is 7.57. The van der Waals surface area contributed by atoms with Crippen molar-refractivity contribution in [3.05, 3.63) is 59.9 Å². The summed E-state index contributed by atoms with van der Waals surface area (Å²) in [6, 6.07) is 15.3. The van der Waals surface area contributed by atoms with Gasteiger partial charge in [-0.2, -0.15) is 4.98 Å². The number of H-pyrrole nitrogens is 1. The number of nitrogens with one attached hydrogen (secondary N) is 1. The molecule has 0 saturated heterocycles. The maximum Gasteiger partial charge on any atom is 0.274 e. The van der Waals surface area contributed by atoms with Gasteiger partial charge in [0.2, 0.25) is 0 Å². The van der Waals surface area contributed by atoms with Gasteiger partial charge in [0.1, 0.15) is 11.4 Å². The fraction of sp³-hybridized carbons (Fsp3) is 0.261. The predicted molar refractivity (Wildman–Crippen MR) is 120 cm³/mol. The van der Waals surface area contributed by atoms with Crippen molar-refractivity contribution in [3.8, 4) is 17.3 Å². The van der Waals surface area contributed by atoms with Crippen molar-refractivity contribution in [1.29, 1.82) is 0 Å². The third-order valence-electron chi connectivity index (χ3n) is 5.18. The van der Waals surface area contributed by atoms with Crippen LogP contribution in [-0.4, -0.2) is 60.7 Å². The molecule has 8 nitrogen and oxygen atoms in total. The number of hydrogen-bond acceptors (Lipinski definition) is 6. The van der Waals surface area contributed by atoms with Crippen molar-refractivity contribution in [2.45, 2.75) is 6.42 Å². The van der Waals surface area contributed by atoms with E-state index in [1.54, 1.807) is 19.1 Å². The Kier molecular flexibility index (Phi) is 5.62. The second-order valence-electron chi connectivity index (χ2n) is 7.57. The molecule has 4 aromatic rings. The van der Waals surface area contributed by atoms with Crippen LogP contribution in [0.2, 0.25) is 0 Å². The minimum Gasteiger partial charge on any atom is -0.497 e. The Morgan fingerprint density at radius 1 is 1.10 bits per heavy atom. The molecule has 2 heterocycles. The van der Waals surface area contributed by atoms with Gasteiger partial charge in [-0.15, -0.1) is 0 Å². The number of carbonyl (C=O) groups is 1. The molecule has 0 aliphatic rings. The number of ether oxygens (including phenoxy) is 1. The van der Waals surface area contributed by atoms with Crippen molar-refractivity contribution in [2.24, 2.45) is 0 Å². The van der Waals surface area contributed by atoms with Gasteiger partial charge in [0.25, 0.3) is 11.8 Å². The molecule has 0 aliphatic carbocycles. The normalized spacial score (nSPS) is 11.0. The Morgan fingerprint density at radius 3 is 2.58 bits per heavy atom. The number of amides is 1. The molecular weight excluding hydrogens is 394 g/mol. The number of hydrogen-bond donors (Lipinski definition) is 1. The number of benzene rings is 2. The zero-order chi connectivity index (χ0) is 22.0. The van der Waals surface area contributed by atoms with Gasteiger partial charge >= 0.3 is 0 Å². The number of aromatic nitrogens is 3. The van der Waals surface area contributed by atoms with Crippen LogP contribution < -0.4 is 9.64 Å². The summed E-state index contributed by atoms with van der Waals surface area (Å²) in [5.41, 5.74) is 3.37. The first kappa shape index (κ1) is 20.5. The van der Waals surface area contributed by atoms with Gasteiger partial charge in [0, 0.05) is 62.3 Å². The van der Waals surface area contributed by atoms with Crippen molar-refractivity contribution < 1.29 is 14.1 Å². The number of fused-ring (bicyclic) bond motifs is 1. The van der Waals surface area contributed by atoms with Gasteiger partial charge in [0.15, 0.2) is 5.82 Å². The van der Waals surface area contributed by atoms with Crippen LogP contribution in [0.4, 0.5) is 5.69 Å². The molecule has 1 amide bonds. The molecule has 160 valence electrons. The summed E-state index contributed by atoms with van der Waals surface area (Å²) in [6.45, 7) is 0.483. The maximum absolute atomic E-state index is 12.7. The molecule has 0 radical (unpaired) electrons. The highest BCUT2D eigenvalue weighted by atomic mass is 16.5. The molecule has 0 aliphatic heterocycles. The van der Waals surface area contributed by atoms with E-state index in [2.05, 4.69) is 15.1 Å². The molecular formula is C23H25N5O3. The molecule has 8 heteroatoms. The topological polar surface area (TPSA) is 87.5 Å². The number of methoxy groups -OCH3 is 1. The molecule has 2 aromatic heterocycles. The highest BCUT2D eigenvalue weighted by Crippen LogP contribution is 2.26. The fourth-order valence-electron chi connectivity index (χ4n) is 3.31. The molecule has 4 rings (SSSR count). The minimum absolute atomic E-state index is 0.0430. The lowest BCUT2D eigenvalue weighted by Gasteiger charge is -2.17. The molecule has 2 aromatic carbocycles. The van der Waals surface area contributed by atoms with Gasteiger partial charge in [-0.05, 0) is 42.5 Å². The first-order valence-electron chi connectivity index (χ1n) is 9.97. The number of rotatable bonds is 7. The van der Waals surface area contributed by atoms with E-state index in [9.17, 15) is 4.79 Å². The first-order chi connectivity index (χ1) is 14.9. The highest BCUT2D eigenvalue weighted by molar-refractivity contribution is 5.94. The first-order valence-corrected chi connectivity index (χ1v) is 9.97. The van der Waals surface area contributed by atoms with Crippen LogP contribution in [0.1, 0.15) is 16.2 Å². The molecule has 1 N–H and O–H groups in total. The summed E-state index contributed by atoms with van der Waals surface area (Å²) in [6.07, 6.45) is 0.496. The van der Waals surface area contributed by atoms with Crippen LogP contribution in [0, 0.1) is 0 Å². The number of nitrogens with zero attached hydrogens (tertiary/aromatic N) is 4. The molecule has 0 atom stereocenters. The molecule has 0 unspecified atom stereocenters. The quantitative estimate of drug-likeness (QED) is 0.492. The second kappa shape index (κ2) is 8.51. The number of likely N-dealkylation sites (N-methyl/N-ethyl adjacent to an activating group) is 1. The zero-order valence-corrected chi connectivity index (χ0v) is 18.0. The molecule has 0 spiro atoms. The van der Waals surface area contributed by atoms with Gasteiger partial charge in [0.05, 0.1) is 7.11 Å². The van der Waals surface area contributed by atoms with E-state index in [4.69, 9.17) is 9.26 Å². The van der Waals surface area contributed by atoms with Crippen molar-refractivity contribution >= 4 is 22.5 Å². The standard InChI is InChI=1S/C23H25N5O3/c1-27(2)17-8-5-15(6-9-17)23(29)28(3)12-11-21-25-22(31-26-21)20-13-16-7-10-18(30-4)14-19(16)24-20/h5-10,13-14,24H,11-12H2,1-4H3. The van der Waals surface area contributed by atoms with E-state index in [1.807, 2.05) is 67.5 Å². The third-order valence-corrected chi connectivity index (χ3v) is 5.18. The van der Waals surface area contributed by atoms with Crippen LogP contribution in [-0.2, 0) is 6.42 Å². The van der Waals surface area contributed by atoms with E-state index in [0.717, 1.165) is 28.0 Å². The van der Waals surface area contributed by atoms with Crippen LogP contribution in [0.15, 0.2) is 53.1 Å². The van der Waals surface area contributed by atoms with Crippen LogP contribution in [0.3, 0.4) is 0 Å². The smallest absolute Gasteiger partial charge is 0.274 e. The van der Waals surface area contributed by atoms with Crippen LogP contribution in [0.5, 0.6) is 5.75 Å². The lowest BCUT2D eigenvalue weighted by Crippen LogP contribution is -2.29.